The van der Waals surface area contributed by atoms with Crippen molar-refractivity contribution in [1.29, 1.82) is 0 Å². The van der Waals surface area contributed by atoms with Crippen molar-refractivity contribution in [1.82, 2.24) is 20.0 Å². The summed E-state index contributed by atoms with van der Waals surface area (Å²) < 4.78 is 7.24. The first-order chi connectivity index (χ1) is 11.0. The highest BCUT2D eigenvalue weighted by Gasteiger charge is 2.14. The van der Waals surface area contributed by atoms with Crippen LogP contribution in [0.2, 0.25) is 0 Å². The van der Waals surface area contributed by atoms with Crippen LogP contribution in [0.5, 0.6) is 0 Å². The molecular formula is C17H33N5O. The molecule has 0 amide bonds. The molecule has 0 saturated carbocycles. The maximum Gasteiger partial charge on any atom is 0.193 e. The molecule has 0 bridgehead atoms. The zero-order valence-corrected chi connectivity index (χ0v) is 15.6. The summed E-state index contributed by atoms with van der Waals surface area (Å²) in [5.74, 6) is 1.34. The molecule has 0 aromatic carbocycles. The second-order valence-corrected chi connectivity index (χ2v) is 6.10. The van der Waals surface area contributed by atoms with Gasteiger partial charge in [-0.25, -0.2) is 0 Å². The Bertz CT molecular complexity index is 481. The van der Waals surface area contributed by atoms with E-state index < -0.39 is 0 Å². The zero-order chi connectivity index (χ0) is 17.2. The average Bonchev–Trinajstić information content (AvgIpc) is 2.87. The molecule has 0 atom stereocenters. The molecule has 1 aromatic rings. The SMILES string of the molecule is CCOCCCCNC(=NC)N(C)Cc1cn(C)nc1C(C)C. The van der Waals surface area contributed by atoms with E-state index in [0.717, 1.165) is 50.8 Å². The van der Waals surface area contributed by atoms with Crippen molar-refractivity contribution in [2.24, 2.45) is 12.0 Å². The van der Waals surface area contributed by atoms with Gasteiger partial charge in [-0.05, 0) is 25.7 Å². The third kappa shape index (κ3) is 6.60. The van der Waals surface area contributed by atoms with Crippen LogP contribution in [-0.2, 0) is 18.3 Å². The Balaban J connectivity index is 2.49. The molecule has 0 saturated heterocycles. The predicted octanol–water partition coefficient (Wildman–Crippen LogP) is 2.37. The van der Waals surface area contributed by atoms with E-state index in [9.17, 15) is 0 Å². The van der Waals surface area contributed by atoms with Crippen molar-refractivity contribution in [2.75, 3.05) is 33.9 Å². The van der Waals surface area contributed by atoms with Crippen LogP contribution in [0.1, 0.15) is 50.8 Å². The lowest BCUT2D eigenvalue weighted by molar-refractivity contribution is 0.143. The number of nitrogens with zero attached hydrogens (tertiary/aromatic N) is 4. The van der Waals surface area contributed by atoms with Gasteiger partial charge in [0.15, 0.2) is 5.96 Å². The van der Waals surface area contributed by atoms with E-state index in [-0.39, 0.29) is 0 Å². The molecule has 1 N–H and O–H groups in total. The van der Waals surface area contributed by atoms with E-state index in [4.69, 9.17) is 4.74 Å². The maximum atomic E-state index is 5.35. The van der Waals surface area contributed by atoms with Crippen LogP contribution in [0.25, 0.3) is 0 Å². The highest BCUT2D eigenvalue weighted by molar-refractivity contribution is 5.79. The second-order valence-electron chi connectivity index (χ2n) is 6.10. The largest absolute Gasteiger partial charge is 0.382 e. The fourth-order valence-corrected chi connectivity index (χ4v) is 2.55. The topological polar surface area (TPSA) is 54.7 Å². The highest BCUT2D eigenvalue weighted by Crippen LogP contribution is 2.18. The summed E-state index contributed by atoms with van der Waals surface area (Å²) in [7, 11) is 5.86. The Morgan fingerprint density at radius 1 is 1.43 bits per heavy atom. The van der Waals surface area contributed by atoms with E-state index in [1.54, 1.807) is 0 Å². The van der Waals surface area contributed by atoms with Gasteiger partial charge in [0.2, 0.25) is 0 Å². The number of nitrogens with one attached hydrogen (secondary N) is 1. The third-order valence-electron chi connectivity index (χ3n) is 3.67. The molecule has 6 heteroatoms. The Morgan fingerprint density at radius 2 is 2.17 bits per heavy atom. The molecule has 0 unspecified atom stereocenters. The first kappa shape index (κ1) is 19.5. The molecule has 0 aliphatic heterocycles. The molecule has 132 valence electrons. The summed E-state index contributed by atoms with van der Waals surface area (Å²) in [5, 5.41) is 7.98. The number of ether oxygens (including phenoxy) is 1. The van der Waals surface area contributed by atoms with Gasteiger partial charge in [0.25, 0.3) is 0 Å². The summed E-state index contributed by atoms with van der Waals surface area (Å²) >= 11 is 0. The van der Waals surface area contributed by atoms with Crippen molar-refractivity contribution in [3.05, 3.63) is 17.5 Å². The molecule has 1 aromatic heterocycles. The number of unbranched alkanes of at least 4 members (excludes halogenated alkanes) is 1. The second kappa shape index (κ2) is 10.3. The average molecular weight is 323 g/mol. The van der Waals surface area contributed by atoms with Crippen LogP contribution in [0.15, 0.2) is 11.2 Å². The minimum atomic E-state index is 0.424. The fraction of sp³-hybridized carbons (Fsp3) is 0.765. The monoisotopic (exact) mass is 323 g/mol. The summed E-state index contributed by atoms with van der Waals surface area (Å²) in [4.78, 5) is 6.52. The van der Waals surface area contributed by atoms with Gasteiger partial charge in [-0.2, -0.15) is 5.10 Å². The minimum Gasteiger partial charge on any atom is -0.382 e. The van der Waals surface area contributed by atoms with E-state index in [0.29, 0.717) is 5.92 Å². The Kier molecular flexibility index (Phi) is 8.69. The quantitative estimate of drug-likeness (QED) is 0.431. The Labute approximate surface area is 140 Å². The van der Waals surface area contributed by atoms with Gasteiger partial charge in [0.05, 0.1) is 5.69 Å². The minimum absolute atomic E-state index is 0.424. The van der Waals surface area contributed by atoms with Gasteiger partial charge in [0, 0.05) is 59.2 Å². The van der Waals surface area contributed by atoms with E-state index in [2.05, 4.69) is 47.4 Å². The molecule has 1 heterocycles. The first-order valence-corrected chi connectivity index (χ1v) is 8.51. The molecule has 0 spiro atoms. The van der Waals surface area contributed by atoms with Crippen LogP contribution < -0.4 is 5.32 Å². The molecule has 0 radical (unpaired) electrons. The van der Waals surface area contributed by atoms with Crippen LogP contribution in [0.3, 0.4) is 0 Å². The van der Waals surface area contributed by atoms with Crippen molar-refractivity contribution in [2.45, 2.75) is 46.1 Å². The molecule has 0 aliphatic carbocycles. The maximum absolute atomic E-state index is 5.35. The lowest BCUT2D eigenvalue weighted by Gasteiger charge is -2.22. The molecule has 1 rings (SSSR count). The molecule has 0 fully saturated rings. The smallest absolute Gasteiger partial charge is 0.193 e. The molecular weight excluding hydrogens is 290 g/mol. The number of hydrogen-bond donors (Lipinski definition) is 1. The van der Waals surface area contributed by atoms with Gasteiger partial charge in [-0.3, -0.25) is 9.67 Å². The van der Waals surface area contributed by atoms with Crippen molar-refractivity contribution in [3.8, 4) is 0 Å². The van der Waals surface area contributed by atoms with Crippen molar-refractivity contribution >= 4 is 5.96 Å². The molecule has 0 aliphatic rings. The van der Waals surface area contributed by atoms with Crippen LogP contribution in [0.4, 0.5) is 0 Å². The van der Waals surface area contributed by atoms with E-state index in [1.807, 2.05) is 25.7 Å². The number of rotatable bonds is 9. The van der Waals surface area contributed by atoms with Gasteiger partial charge in [-0.15, -0.1) is 0 Å². The van der Waals surface area contributed by atoms with Gasteiger partial charge in [0.1, 0.15) is 0 Å². The van der Waals surface area contributed by atoms with E-state index >= 15 is 0 Å². The van der Waals surface area contributed by atoms with Gasteiger partial charge >= 0.3 is 0 Å². The highest BCUT2D eigenvalue weighted by atomic mass is 16.5. The zero-order valence-electron chi connectivity index (χ0n) is 15.6. The fourth-order valence-electron chi connectivity index (χ4n) is 2.55. The van der Waals surface area contributed by atoms with Crippen LogP contribution in [-0.4, -0.2) is 54.5 Å². The summed E-state index contributed by atoms with van der Waals surface area (Å²) in [6.07, 6.45) is 4.25. The number of aliphatic imine (C=N–C) groups is 1. The first-order valence-electron chi connectivity index (χ1n) is 8.51. The van der Waals surface area contributed by atoms with Crippen molar-refractivity contribution in [3.63, 3.8) is 0 Å². The van der Waals surface area contributed by atoms with Crippen LogP contribution in [0, 0.1) is 0 Å². The number of aromatic nitrogens is 2. The van der Waals surface area contributed by atoms with E-state index in [1.165, 1.54) is 5.56 Å². The van der Waals surface area contributed by atoms with Crippen molar-refractivity contribution < 1.29 is 4.74 Å². The number of hydrogen-bond acceptors (Lipinski definition) is 3. The van der Waals surface area contributed by atoms with Crippen LogP contribution >= 0.6 is 0 Å². The lowest BCUT2D eigenvalue weighted by Crippen LogP contribution is -2.39. The summed E-state index contributed by atoms with van der Waals surface area (Å²) in [6, 6.07) is 0. The summed E-state index contributed by atoms with van der Waals surface area (Å²) in [6.45, 7) is 9.72. The van der Waals surface area contributed by atoms with Gasteiger partial charge in [-0.1, -0.05) is 13.8 Å². The lowest BCUT2D eigenvalue weighted by atomic mass is 10.1. The predicted molar refractivity (Wildman–Crippen MR) is 95.9 cm³/mol. The normalized spacial score (nSPS) is 12.0. The molecule has 23 heavy (non-hydrogen) atoms. The number of guanidine groups is 1. The summed E-state index contributed by atoms with van der Waals surface area (Å²) in [5.41, 5.74) is 2.41. The third-order valence-corrected chi connectivity index (χ3v) is 3.67. The standard InChI is InChI=1S/C17H33N5O/c1-7-23-11-9-8-10-19-17(18-4)21(5)12-15-13-22(6)20-16(15)14(2)3/h13-14H,7-12H2,1-6H3,(H,18,19). The number of aryl methyl sites for hydroxylation is 1. The molecule has 6 nitrogen and oxygen atoms in total. The Hall–Kier alpha value is -1.56. The van der Waals surface area contributed by atoms with Gasteiger partial charge < -0.3 is 15.0 Å². The Morgan fingerprint density at radius 3 is 2.78 bits per heavy atom.